The van der Waals surface area contributed by atoms with Gasteiger partial charge in [-0.1, -0.05) is 48.5 Å². The third-order valence-electron chi connectivity index (χ3n) is 6.80. The van der Waals surface area contributed by atoms with Gasteiger partial charge in [-0.3, -0.25) is 9.69 Å². The van der Waals surface area contributed by atoms with Gasteiger partial charge in [0, 0.05) is 23.0 Å². The largest absolute Gasteiger partial charge is 0.462 e. The van der Waals surface area contributed by atoms with E-state index in [1.54, 1.807) is 36.1 Å². The lowest BCUT2D eigenvalue weighted by Gasteiger charge is -2.36. The Labute approximate surface area is 201 Å². The molecule has 1 fully saturated rings. The molecule has 174 valence electrons. The van der Waals surface area contributed by atoms with Crippen LogP contribution in [-0.4, -0.2) is 40.4 Å². The molecule has 0 radical (unpaired) electrons. The van der Waals surface area contributed by atoms with Crippen LogP contribution in [0.15, 0.2) is 78.9 Å². The van der Waals surface area contributed by atoms with Crippen molar-refractivity contribution in [1.29, 1.82) is 0 Å². The van der Waals surface area contributed by atoms with Crippen LogP contribution in [0.3, 0.4) is 0 Å². The van der Waals surface area contributed by atoms with E-state index >= 15 is 0 Å². The molecule has 6 rings (SSSR count). The molecule has 2 aliphatic rings. The minimum atomic E-state index is -0.621. The number of anilines is 1. The Hall–Kier alpha value is -4.39. The van der Waals surface area contributed by atoms with Crippen LogP contribution in [0.5, 0.6) is 0 Å². The Kier molecular flexibility index (Phi) is 4.91. The highest BCUT2D eigenvalue weighted by atomic mass is 16.5. The van der Waals surface area contributed by atoms with Crippen LogP contribution < -0.4 is 4.90 Å². The number of esters is 1. The van der Waals surface area contributed by atoms with E-state index in [0.29, 0.717) is 17.7 Å². The minimum Gasteiger partial charge on any atom is -0.462 e. The van der Waals surface area contributed by atoms with Crippen molar-refractivity contribution in [2.75, 3.05) is 11.5 Å². The molecule has 0 unspecified atom stereocenters. The second-order valence-electron chi connectivity index (χ2n) is 8.73. The molecular formula is C28H23N3O4. The van der Waals surface area contributed by atoms with Gasteiger partial charge in [0.15, 0.2) is 0 Å². The summed E-state index contributed by atoms with van der Waals surface area (Å²) >= 11 is 0. The van der Waals surface area contributed by atoms with Crippen LogP contribution in [0.2, 0.25) is 0 Å². The fourth-order valence-corrected chi connectivity index (χ4v) is 5.26. The summed E-state index contributed by atoms with van der Waals surface area (Å²) in [7, 11) is 0. The highest BCUT2D eigenvalue weighted by Crippen LogP contribution is 2.44. The van der Waals surface area contributed by atoms with Gasteiger partial charge in [-0.05, 0) is 48.4 Å². The molecule has 3 aromatic carbocycles. The number of urea groups is 1. The molecule has 7 heteroatoms. The van der Waals surface area contributed by atoms with Gasteiger partial charge in [-0.25, -0.2) is 14.5 Å². The van der Waals surface area contributed by atoms with E-state index in [9.17, 15) is 14.4 Å². The molecule has 2 atom stereocenters. The van der Waals surface area contributed by atoms with E-state index in [0.717, 1.165) is 27.7 Å². The number of rotatable bonds is 4. The summed E-state index contributed by atoms with van der Waals surface area (Å²) in [4.78, 5) is 46.0. The number of ether oxygens (including phenoxy) is 1. The monoisotopic (exact) mass is 465 g/mol. The first-order valence-corrected chi connectivity index (χ1v) is 11.7. The lowest BCUT2D eigenvalue weighted by Crippen LogP contribution is -2.44. The molecule has 2 aliphatic heterocycles. The molecule has 3 amide bonds. The molecule has 0 saturated carbocycles. The number of amides is 3. The van der Waals surface area contributed by atoms with Crippen LogP contribution in [0.1, 0.15) is 40.1 Å². The van der Waals surface area contributed by atoms with E-state index in [4.69, 9.17) is 4.74 Å². The van der Waals surface area contributed by atoms with Crippen molar-refractivity contribution >= 4 is 34.5 Å². The number of imide groups is 1. The second kappa shape index (κ2) is 8.13. The number of benzene rings is 3. The Bertz CT molecular complexity index is 1460. The molecule has 3 heterocycles. The smallest absolute Gasteiger partial charge is 0.338 e. The van der Waals surface area contributed by atoms with Crippen molar-refractivity contribution in [3.8, 4) is 0 Å². The number of aromatic amines is 1. The topological polar surface area (TPSA) is 82.7 Å². The zero-order valence-corrected chi connectivity index (χ0v) is 19.1. The number of nitrogens with one attached hydrogen (secondary N) is 1. The maximum absolute atomic E-state index is 13.8. The normalized spacial score (nSPS) is 19.1. The summed E-state index contributed by atoms with van der Waals surface area (Å²) in [5.74, 6) is -0.708. The molecular weight excluding hydrogens is 442 g/mol. The lowest BCUT2D eigenvalue weighted by atomic mass is 9.89. The number of hydrogen-bond donors (Lipinski definition) is 1. The summed E-state index contributed by atoms with van der Waals surface area (Å²) in [6.07, 6.45) is 0.435. The van der Waals surface area contributed by atoms with Gasteiger partial charge in [0.2, 0.25) is 0 Å². The summed E-state index contributed by atoms with van der Waals surface area (Å²) in [6.45, 7) is 2.02. The molecule has 0 spiro atoms. The number of carbonyl (C=O) groups excluding carboxylic acids is 3. The van der Waals surface area contributed by atoms with Crippen molar-refractivity contribution in [2.24, 2.45) is 0 Å². The van der Waals surface area contributed by atoms with Gasteiger partial charge in [0.05, 0.1) is 17.9 Å². The average Bonchev–Trinajstić information content (AvgIpc) is 3.38. The number of aromatic nitrogens is 1. The fraction of sp³-hybridized carbons (Fsp3) is 0.179. The van der Waals surface area contributed by atoms with Gasteiger partial charge in [-0.15, -0.1) is 0 Å². The van der Waals surface area contributed by atoms with Gasteiger partial charge in [0.1, 0.15) is 12.1 Å². The molecule has 0 bridgehead atoms. The summed E-state index contributed by atoms with van der Waals surface area (Å²) in [5.41, 5.74) is 4.74. The second-order valence-corrected chi connectivity index (χ2v) is 8.73. The molecule has 1 saturated heterocycles. The lowest BCUT2D eigenvalue weighted by molar-refractivity contribution is -0.120. The van der Waals surface area contributed by atoms with Crippen LogP contribution in [0.25, 0.3) is 10.9 Å². The predicted molar refractivity (Wildman–Crippen MR) is 131 cm³/mol. The summed E-state index contributed by atoms with van der Waals surface area (Å²) in [5, 5.41) is 1.07. The van der Waals surface area contributed by atoms with Crippen molar-refractivity contribution in [1.82, 2.24) is 9.88 Å². The van der Waals surface area contributed by atoms with Crippen LogP contribution in [-0.2, 0) is 16.0 Å². The van der Waals surface area contributed by atoms with Gasteiger partial charge in [-0.2, -0.15) is 0 Å². The maximum atomic E-state index is 13.8. The van der Waals surface area contributed by atoms with Crippen LogP contribution in [0, 0.1) is 0 Å². The van der Waals surface area contributed by atoms with E-state index < -0.39 is 18.1 Å². The Morgan fingerprint density at radius 3 is 2.43 bits per heavy atom. The molecule has 35 heavy (non-hydrogen) atoms. The van der Waals surface area contributed by atoms with Crippen molar-refractivity contribution in [2.45, 2.75) is 25.4 Å². The van der Waals surface area contributed by atoms with Gasteiger partial charge < -0.3 is 9.72 Å². The first-order valence-electron chi connectivity index (χ1n) is 11.7. The zero-order chi connectivity index (χ0) is 24.1. The first kappa shape index (κ1) is 21.2. The number of H-pyrrole nitrogens is 1. The average molecular weight is 466 g/mol. The standard InChI is InChI=1S/C28H23N3O4/c1-2-35-27(33)18-12-14-19(15-13-18)30-26(32)23-16-21-20-10-6-7-11-22(20)29-24(21)25(31(23)28(30)34)17-8-4-3-5-9-17/h3-15,23,25,29H,2,16H2,1H3/t23-,25-/m0/s1. The highest BCUT2D eigenvalue weighted by molar-refractivity contribution is 6.22. The quantitative estimate of drug-likeness (QED) is 0.346. The fourth-order valence-electron chi connectivity index (χ4n) is 5.26. The highest BCUT2D eigenvalue weighted by Gasteiger charge is 2.53. The van der Waals surface area contributed by atoms with Crippen molar-refractivity contribution in [3.05, 3.63) is 101 Å². The Balaban J connectivity index is 1.44. The zero-order valence-electron chi connectivity index (χ0n) is 19.1. The first-order chi connectivity index (χ1) is 17.1. The number of fused-ring (bicyclic) bond motifs is 4. The molecule has 7 nitrogen and oxygen atoms in total. The number of hydrogen-bond acceptors (Lipinski definition) is 4. The predicted octanol–water partition coefficient (Wildman–Crippen LogP) is 4.83. The van der Waals surface area contributed by atoms with Crippen LogP contribution in [0.4, 0.5) is 10.5 Å². The van der Waals surface area contributed by atoms with E-state index in [-0.39, 0.29) is 18.5 Å². The van der Waals surface area contributed by atoms with E-state index in [1.807, 2.05) is 48.5 Å². The van der Waals surface area contributed by atoms with Gasteiger partial charge >= 0.3 is 12.0 Å². The third kappa shape index (κ3) is 3.23. The SMILES string of the molecule is CCOC(=O)c1ccc(N2C(=O)[C@@H]3Cc4c([nH]c5ccccc45)[C@H](c4ccccc4)N3C2=O)cc1. The molecule has 1 aromatic heterocycles. The summed E-state index contributed by atoms with van der Waals surface area (Å²) < 4.78 is 5.04. The van der Waals surface area contributed by atoms with Crippen LogP contribution >= 0.6 is 0 Å². The summed E-state index contributed by atoms with van der Waals surface area (Å²) in [6, 6.07) is 22.8. The van der Waals surface area contributed by atoms with E-state index in [1.165, 1.54) is 4.90 Å². The molecule has 4 aromatic rings. The Morgan fingerprint density at radius 2 is 1.69 bits per heavy atom. The number of para-hydroxylation sites is 1. The molecule has 0 aliphatic carbocycles. The van der Waals surface area contributed by atoms with Gasteiger partial charge in [0.25, 0.3) is 5.91 Å². The Morgan fingerprint density at radius 1 is 0.971 bits per heavy atom. The van der Waals surface area contributed by atoms with E-state index in [2.05, 4.69) is 11.1 Å². The van der Waals surface area contributed by atoms with Crippen molar-refractivity contribution in [3.63, 3.8) is 0 Å². The minimum absolute atomic E-state index is 0.268. The number of nitrogens with zero attached hydrogens (tertiary/aromatic N) is 2. The third-order valence-corrected chi connectivity index (χ3v) is 6.80. The van der Waals surface area contributed by atoms with Crippen molar-refractivity contribution < 1.29 is 19.1 Å². The molecule has 1 N–H and O–H groups in total. The number of carbonyl (C=O) groups is 3. The maximum Gasteiger partial charge on any atom is 0.338 e.